The van der Waals surface area contributed by atoms with Crippen molar-refractivity contribution in [2.75, 3.05) is 39.3 Å². The van der Waals surface area contributed by atoms with Gasteiger partial charge in [0.05, 0.1) is 6.61 Å². The van der Waals surface area contributed by atoms with Crippen molar-refractivity contribution in [3.8, 4) is 10.4 Å². The topological polar surface area (TPSA) is 43.8 Å². The number of β-amino-alcohol motifs (C(OH)–C–C–N with tert-alkyl or cyclic N) is 1. The molecule has 4 nitrogen and oxygen atoms in total. The number of hydrogen-bond acceptors (Lipinski definition) is 4. The number of piperazine rings is 1. The molecule has 3 rings (SSSR count). The minimum absolute atomic E-state index is 0.0464. The van der Waals surface area contributed by atoms with Crippen LogP contribution in [0.25, 0.3) is 16.5 Å². The highest BCUT2D eigenvalue weighted by atomic mass is 35.5. The Bertz CT molecular complexity index is 734. The number of hydrogen-bond donors (Lipinski definition) is 1. The van der Waals surface area contributed by atoms with Crippen molar-refractivity contribution in [3.63, 3.8) is 0 Å². The molecule has 0 aliphatic carbocycles. The van der Waals surface area contributed by atoms with Crippen LogP contribution in [0.5, 0.6) is 0 Å². The Morgan fingerprint density at radius 2 is 1.84 bits per heavy atom. The monoisotopic (exact) mass is 376 g/mol. The van der Waals surface area contributed by atoms with Crippen LogP contribution in [0, 0.1) is 0 Å². The standard InChI is InChI=1S/C19H21ClN2O2S/c20-16-3-1-15(2-4-16)18-7-5-17(25-18)6-8-19(24)22-11-9-21(10-12-22)13-14-23/h1-8,23H,9-14H2/b8-6+. The van der Waals surface area contributed by atoms with Crippen LogP contribution < -0.4 is 0 Å². The lowest BCUT2D eigenvalue weighted by atomic mass is 10.2. The SMILES string of the molecule is O=C(/C=C/c1ccc(-c2ccc(Cl)cc2)s1)N1CCN(CCO)CC1. The Balaban J connectivity index is 1.57. The molecule has 25 heavy (non-hydrogen) atoms. The van der Waals surface area contributed by atoms with Crippen LogP contribution >= 0.6 is 22.9 Å². The minimum atomic E-state index is 0.0464. The maximum absolute atomic E-state index is 12.3. The first-order chi connectivity index (χ1) is 12.2. The predicted molar refractivity (Wildman–Crippen MR) is 104 cm³/mol. The zero-order valence-electron chi connectivity index (χ0n) is 13.9. The summed E-state index contributed by atoms with van der Waals surface area (Å²) in [5.74, 6) is 0.0464. The summed E-state index contributed by atoms with van der Waals surface area (Å²) in [5.41, 5.74) is 1.13. The van der Waals surface area contributed by atoms with Crippen LogP contribution in [-0.2, 0) is 4.79 Å². The summed E-state index contributed by atoms with van der Waals surface area (Å²) in [7, 11) is 0. The fourth-order valence-corrected chi connectivity index (χ4v) is 3.85. The molecule has 1 amide bonds. The first kappa shape index (κ1) is 18.1. The van der Waals surface area contributed by atoms with Gasteiger partial charge in [-0.25, -0.2) is 0 Å². The second kappa shape index (κ2) is 8.63. The van der Waals surface area contributed by atoms with Crippen LogP contribution in [-0.4, -0.2) is 60.1 Å². The van der Waals surface area contributed by atoms with Gasteiger partial charge < -0.3 is 10.0 Å². The first-order valence-corrected chi connectivity index (χ1v) is 9.51. The summed E-state index contributed by atoms with van der Waals surface area (Å²) in [6, 6.07) is 11.8. The molecule has 1 N–H and O–H groups in total. The van der Waals surface area contributed by atoms with Crippen molar-refractivity contribution in [2.45, 2.75) is 0 Å². The molecule has 2 heterocycles. The molecule has 1 aromatic heterocycles. The molecule has 1 aliphatic heterocycles. The van der Waals surface area contributed by atoms with E-state index in [1.165, 1.54) is 0 Å². The number of benzene rings is 1. The largest absolute Gasteiger partial charge is 0.395 e. The molecule has 0 atom stereocenters. The lowest BCUT2D eigenvalue weighted by Gasteiger charge is -2.33. The Labute approximate surface area is 156 Å². The number of carbonyl (C=O) groups is 1. The second-order valence-corrected chi connectivity index (χ2v) is 7.48. The van der Waals surface area contributed by atoms with Gasteiger partial charge in [-0.1, -0.05) is 23.7 Å². The van der Waals surface area contributed by atoms with Crippen LogP contribution in [0.3, 0.4) is 0 Å². The summed E-state index contributed by atoms with van der Waals surface area (Å²) in [4.78, 5) is 18.5. The van der Waals surface area contributed by atoms with Crippen LogP contribution in [0.1, 0.15) is 4.88 Å². The van der Waals surface area contributed by atoms with Crippen LogP contribution in [0.4, 0.5) is 0 Å². The normalized spacial score (nSPS) is 15.8. The Morgan fingerprint density at radius 1 is 1.12 bits per heavy atom. The number of aliphatic hydroxyl groups excluding tert-OH is 1. The van der Waals surface area contributed by atoms with Crippen molar-refractivity contribution >= 4 is 34.9 Å². The van der Waals surface area contributed by atoms with E-state index in [9.17, 15) is 4.79 Å². The maximum Gasteiger partial charge on any atom is 0.246 e. The highest BCUT2D eigenvalue weighted by Crippen LogP contribution is 2.29. The molecular formula is C19H21ClN2O2S. The van der Waals surface area contributed by atoms with E-state index in [2.05, 4.69) is 11.0 Å². The van der Waals surface area contributed by atoms with Crippen molar-refractivity contribution in [3.05, 3.63) is 52.4 Å². The van der Waals surface area contributed by atoms with Gasteiger partial charge in [-0.05, 0) is 35.9 Å². The molecular weight excluding hydrogens is 356 g/mol. The number of amides is 1. The molecule has 6 heteroatoms. The van der Waals surface area contributed by atoms with Gasteiger partial charge in [0, 0.05) is 53.6 Å². The highest BCUT2D eigenvalue weighted by molar-refractivity contribution is 7.16. The average molecular weight is 377 g/mol. The van der Waals surface area contributed by atoms with Crippen LogP contribution in [0.2, 0.25) is 5.02 Å². The lowest BCUT2D eigenvalue weighted by Crippen LogP contribution is -2.48. The van der Waals surface area contributed by atoms with E-state index in [1.807, 2.05) is 41.3 Å². The van der Waals surface area contributed by atoms with Gasteiger partial charge >= 0.3 is 0 Å². The lowest BCUT2D eigenvalue weighted by molar-refractivity contribution is -0.127. The van der Waals surface area contributed by atoms with Crippen molar-refractivity contribution in [1.82, 2.24) is 9.80 Å². The van der Waals surface area contributed by atoms with Crippen molar-refractivity contribution in [2.24, 2.45) is 0 Å². The average Bonchev–Trinajstić information content (AvgIpc) is 3.10. The van der Waals surface area contributed by atoms with E-state index in [0.717, 1.165) is 33.4 Å². The zero-order chi connectivity index (χ0) is 17.6. The second-order valence-electron chi connectivity index (χ2n) is 5.93. The zero-order valence-corrected chi connectivity index (χ0v) is 15.5. The van der Waals surface area contributed by atoms with Gasteiger partial charge in [-0.15, -0.1) is 11.3 Å². The molecule has 2 aromatic rings. The smallest absolute Gasteiger partial charge is 0.246 e. The van der Waals surface area contributed by atoms with Gasteiger partial charge in [-0.2, -0.15) is 0 Å². The van der Waals surface area contributed by atoms with Gasteiger partial charge in [0.2, 0.25) is 5.91 Å². The van der Waals surface area contributed by atoms with E-state index < -0.39 is 0 Å². The van der Waals surface area contributed by atoms with E-state index >= 15 is 0 Å². The van der Waals surface area contributed by atoms with E-state index in [-0.39, 0.29) is 12.5 Å². The van der Waals surface area contributed by atoms with Crippen LogP contribution in [0.15, 0.2) is 42.5 Å². The number of halogens is 1. The number of nitrogens with zero attached hydrogens (tertiary/aromatic N) is 2. The summed E-state index contributed by atoms with van der Waals surface area (Å²) in [6.45, 7) is 3.91. The Kier molecular flexibility index (Phi) is 6.26. The third-order valence-corrected chi connectivity index (χ3v) is 5.60. The summed E-state index contributed by atoms with van der Waals surface area (Å²) in [6.07, 6.45) is 3.53. The third-order valence-electron chi connectivity index (χ3n) is 4.25. The predicted octanol–water partition coefficient (Wildman–Crippen LogP) is 3.22. The molecule has 132 valence electrons. The fraction of sp³-hybridized carbons (Fsp3) is 0.316. The van der Waals surface area contributed by atoms with E-state index in [4.69, 9.17) is 16.7 Å². The van der Waals surface area contributed by atoms with Gasteiger partial charge in [0.1, 0.15) is 0 Å². The molecule has 0 spiro atoms. The fourth-order valence-electron chi connectivity index (χ4n) is 2.80. The Hall–Kier alpha value is -1.66. The first-order valence-electron chi connectivity index (χ1n) is 8.32. The minimum Gasteiger partial charge on any atom is -0.395 e. The maximum atomic E-state index is 12.3. The molecule has 0 saturated carbocycles. The molecule has 1 fully saturated rings. The quantitative estimate of drug-likeness (QED) is 0.815. The molecule has 1 saturated heterocycles. The molecule has 1 aromatic carbocycles. The summed E-state index contributed by atoms with van der Waals surface area (Å²) < 4.78 is 0. The number of aliphatic hydroxyl groups is 1. The highest BCUT2D eigenvalue weighted by Gasteiger charge is 2.18. The van der Waals surface area contributed by atoms with E-state index in [1.54, 1.807) is 17.4 Å². The molecule has 0 radical (unpaired) electrons. The Morgan fingerprint density at radius 3 is 2.52 bits per heavy atom. The number of thiophene rings is 1. The third kappa shape index (κ3) is 4.92. The molecule has 1 aliphatic rings. The number of carbonyl (C=O) groups excluding carboxylic acids is 1. The summed E-state index contributed by atoms with van der Waals surface area (Å²) >= 11 is 7.57. The molecule has 0 bridgehead atoms. The van der Waals surface area contributed by atoms with Gasteiger partial charge in [0.25, 0.3) is 0 Å². The number of rotatable bonds is 5. The van der Waals surface area contributed by atoms with E-state index in [0.29, 0.717) is 19.6 Å². The van der Waals surface area contributed by atoms with Crippen molar-refractivity contribution < 1.29 is 9.90 Å². The van der Waals surface area contributed by atoms with Gasteiger partial charge in [-0.3, -0.25) is 9.69 Å². The summed E-state index contributed by atoms with van der Waals surface area (Å²) in [5, 5.41) is 9.69. The van der Waals surface area contributed by atoms with Crippen molar-refractivity contribution in [1.29, 1.82) is 0 Å². The van der Waals surface area contributed by atoms with Gasteiger partial charge in [0.15, 0.2) is 0 Å². The molecule has 0 unspecified atom stereocenters.